The highest BCUT2D eigenvalue weighted by Crippen LogP contribution is 2.41. The monoisotopic (exact) mass is 796 g/mol. The van der Waals surface area contributed by atoms with Gasteiger partial charge in [-0.2, -0.15) is 0 Å². The van der Waals surface area contributed by atoms with E-state index in [9.17, 15) is 38.7 Å². The van der Waals surface area contributed by atoms with Crippen molar-refractivity contribution < 1.29 is 43.4 Å². The number of alkyl carbamates (subject to hydrolysis) is 1. The van der Waals surface area contributed by atoms with E-state index in [4.69, 9.17) is 4.74 Å². The van der Waals surface area contributed by atoms with Gasteiger partial charge in [0, 0.05) is 20.6 Å². The van der Waals surface area contributed by atoms with Gasteiger partial charge in [-0.15, -0.1) is 0 Å². The van der Waals surface area contributed by atoms with E-state index in [1.54, 1.807) is 79.0 Å². The maximum absolute atomic E-state index is 14.7. The first-order chi connectivity index (χ1) is 26.6. The van der Waals surface area contributed by atoms with Gasteiger partial charge in [0.2, 0.25) is 29.4 Å². The molecule has 3 fully saturated rings. The van der Waals surface area contributed by atoms with E-state index in [1.165, 1.54) is 9.80 Å². The normalized spacial score (nSPS) is 21.0. The van der Waals surface area contributed by atoms with Crippen molar-refractivity contribution in [1.82, 2.24) is 31.1 Å². The fraction of sp³-hybridized carbons (Fsp3) is 0.690. The molecule has 1 aromatic carbocycles. The average Bonchev–Trinajstić information content (AvgIpc) is 3.86. The zero-order valence-corrected chi connectivity index (χ0v) is 34.9. The molecule has 15 nitrogen and oxygen atoms in total. The summed E-state index contributed by atoms with van der Waals surface area (Å²) in [4.78, 5) is 98.0. The number of ether oxygens (including phenoxy) is 1. The van der Waals surface area contributed by atoms with Gasteiger partial charge in [-0.05, 0) is 89.5 Å². The first-order valence-electron chi connectivity index (χ1n) is 20.3. The zero-order chi connectivity index (χ0) is 42.3. The van der Waals surface area contributed by atoms with E-state index in [-0.39, 0.29) is 31.2 Å². The second-order valence-corrected chi connectivity index (χ2v) is 18.3. The van der Waals surface area contributed by atoms with Crippen LogP contribution in [-0.2, 0) is 33.5 Å². The molecule has 4 rings (SSSR count). The Kier molecular flexibility index (Phi) is 14.9. The number of likely N-dealkylation sites (N-methyl/N-ethyl adjacent to an activating group) is 1. The number of hydrogen-bond acceptors (Lipinski definition) is 9. The van der Waals surface area contributed by atoms with E-state index in [0.717, 1.165) is 32.1 Å². The topological polar surface area (TPSA) is 204 Å². The number of nitrogens with zero attached hydrogens (tertiary/aromatic N) is 2. The third-order valence-corrected chi connectivity index (χ3v) is 11.1. The molecule has 6 amide bonds. The highest BCUT2D eigenvalue weighted by Gasteiger charge is 2.50. The molecular weight excluding hydrogens is 732 g/mol. The molecule has 5 N–H and O–H groups in total. The van der Waals surface area contributed by atoms with Crippen molar-refractivity contribution in [3.8, 4) is 0 Å². The van der Waals surface area contributed by atoms with Crippen molar-refractivity contribution in [1.29, 1.82) is 0 Å². The fourth-order valence-corrected chi connectivity index (χ4v) is 8.07. The number of aliphatic hydroxyl groups is 1. The van der Waals surface area contributed by atoms with Crippen molar-refractivity contribution in [3.05, 3.63) is 35.9 Å². The van der Waals surface area contributed by atoms with Crippen LogP contribution in [0.15, 0.2) is 30.3 Å². The standard InChI is InChI=1S/C42H64N6O9/c1-40(2,3)57-39(55)46-34(42(6)20-13-10-14-21-42)38(54)48-22-19-28(24-41(4,5)56)32(48)35(51)44-29(23-26-17-18-26)33(50)36(52)43-25-30(49)45-31(37(53)47(7)8)27-15-11-9-12-16-27/h9,11-12,15-16,26,28-29,31-32,34,56H,10,13-14,17-25H2,1-8H3,(H,43,52)(H,44,51)(H,45,49)(H,46,55)/t28-,29?,31?,32?,34?/m1/s1. The molecule has 0 radical (unpaired) electrons. The van der Waals surface area contributed by atoms with E-state index in [1.807, 2.05) is 6.92 Å². The molecule has 2 aliphatic carbocycles. The predicted molar refractivity (Wildman–Crippen MR) is 212 cm³/mol. The maximum atomic E-state index is 14.7. The van der Waals surface area contributed by atoms with Gasteiger partial charge in [0.1, 0.15) is 23.7 Å². The van der Waals surface area contributed by atoms with Gasteiger partial charge in [-0.25, -0.2) is 4.79 Å². The van der Waals surface area contributed by atoms with Gasteiger partial charge >= 0.3 is 6.09 Å². The van der Waals surface area contributed by atoms with Gasteiger partial charge in [0.15, 0.2) is 0 Å². The maximum Gasteiger partial charge on any atom is 0.408 e. The van der Waals surface area contributed by atoms with Gasteiger partial charge in [0.25, 0.3) is 5.91 Å². The van der Waals surface area contributed by atoms with Gasteiger partial charge in [-0.1, -0.05) is 69.4 Å². The molecule has 3 aliphatic rings. The Labute approximate surface area is 336 Å². The van der Waals surface area contributed by atoms with E-state index < -0.39 is 88.8 Å². The molecule has 0 aromatic heterocycles. The zero-order valence-electron chi connectivity index (χ0n) is 34.9. The van der Waals surface area contributed by atoms with Crippen LogP contribution in [0.1, 0.15) is 117 Å². The molecule has 57 heavy (non-hydrogen) atoms. The molecule has 0 bridgehead atoms. The quantitative estimate of drug-likeness (QED) is 0.156. The van der Waals surface area contributed by atoms with Crippen molar-refractivity contribution in [2.45, 2.75) is 141 Å². The fourth-order valence-electron chi connectivity index (χ4n) is 8.07. The molecule has 15 heteroatoms. The minimum absolute atomic E-state index is 0.0983. The van der Waals surface area contributed by atoms with Gasteiger partial charge in [-0.3, -0.25) is 28.8 Å². The van der Waals surface area contributed by atoms with Crippen molar-refractivity contribution in [2.24, 2.45) is 17.3 Å². The highest BCUT2D eigenvalue weighted by atomic mass is 16.6. The molecule has 2 saturated carbocycles. The number of carbonyl (C=O) groups excluding carboxylic acids is 7. The Morgan fingerprint density at radius 1 is 0.912 bits per heavy atom. The molecular formula is C42H64N6O9. The number of hydrogen-bond donors (Lipinski definition) is 5. The van der Waals surface area contributed by atoms with Gasteiger partial charge in [0.05, 0.1) is 18.2 Å². The van der Waals surface area contributed by atoms with Crippen LogP contribution in [0.4, 0.5) is 4.79 Å². The van der Waals surface area contributed by atoms with Crippen molar-refractivity contribution >= 4 is 41.4 Å². The number of rotatable bonds is 16. The van der Waals surface area contributed by atoms with Crippen molar-refractivity contribution in [3.63, 3.8) is 0 Å². The summed E-state index contributed by atoms with van der Waals surface area (Å²) in [5, 5.41) is 21.5. The SMILES string of the molecule is CN(C)C(=O)C(NC(=O)CNC(=O)C(=O)C(CC1CC1)NC(=O)C1[C@@H](CC(C)(C)O)CCN1C(=O)C(NC(=O)OC(C)(C)C)C1(C)CCCCC1)c1ccccc1. The summed E-state index contributed by atoms with van der Waals surface area (Å²) in [7, 11) is 3.12. The van der Waals surface area contributed by atoms with Gasteiger partial charge < -0.3 is 40.9 Å². The lowest BCUT2D eigenvalue weighted by Crippen LogP contribution is -2.61. The molecule has 1 heterocycles. The number of likely N-dealkylation sites (tertiary alicyclic amines) is 1. The van der Waals surface area contributed by atoms with Crippen LogP contribution < -0.4 is 21.3 Å². The Morgan fingerprint density at radius 2 is 1.54 bits per heavy atom. The summed E-state index contributed by atoms with van der Waals surface area (Å²) < 4.78 is 5.57. The molecule has 5 atom stereocenters. The lowest BCUT2D eigenvalue weighted by atomic mass is 9.70. The van der Waals surface area contributed by atoms with Crippen LogP contribution >= 0.6 is 0 Å². The number of amides is 6. The van der Waals surface area contributed by atoms with E-state index in [2.05, 4.69) is 21.3 Å². The lowest BCUT2D eigenvalue weighted by Gasteiger charge is -2.42. The van der Waals surface area contributed by atoms with E-state index in [0.29, 0.717) is 24.8 Å². The van der Waals surface area contributed by atoms with E-state index >= 15 is 0 Å². The van der Waals surface area contributed by atoms with Crippen LogP contribution in [-0.4, -0.2) is 113 Å². The highest BCUT2D eigenvalue weighted by molar-refractivity contribution is 6.38. The summed E-state index contributed by atoms with van der Waals surface area (Å²) in [6.07, 6.45) is 5.76. The van der Waals surface area contributed by atoms with Crippen molar-refractivity contribution in [2.75, 3.05) is 27.2 Å². The minimum Gasteiger partial charge on any atom is -0.444 e. The predicted octanol–water partition coefficient (Wildman–Crippen LogP) is 3.14. The second-order valence-electron chi connectivity index (χ2n) is 18.3. The minimum atomic E-state index is -1.24. The summed E-state index contributed by atoms with van der Waals surface area (Å²) in [5.41, 5.74) is -2.07. The summed E-state index contributed by atoms with van der Waals surface area (Å²) in [6, 6.07) is 4.26. The summed E-state index contributed by atoms with van der Waals surface area (Å²) in [6.45, 7) is 10.0. The number of carbonyl (C=O) groups is 7. The lowest BCUT2D eigenvalue weighted by molar-refractivity contribution is -0.146. The third-order valence-electron chi connectivity index (χ3n) is 11.1. The smallest absolute Gasteiger partial charge is 0.408 e. The first-order valence-corrected chi connectivity index (χ1v) is 20.3. The molecule has 1 aliphatic heterocycles. The molecule has 316 valence electrons. The first kappa shape index (κ1) is 45.2. The van der Waals surface area contributed by atoms with Crippen LogP contribution in [0.3, 0.4) is 0 Å². The molecule has 0 spiro atoms. The largest absolute Gasteiger partial charge is 0.444 e. The molecule has 4 unspecified atom stereocenters. The van der Waals surface area contributed by atoms with Crippen LogP contribution in [0.5, 0.6) is 0 Å². The Bertz CT molecular complexity index is 1630. The molecule has 1 saturated heterocycles. The summed E-state index contributed by atoms with van der Waals surface area (Å²) in [5.74, 6) is -4.58. The number of nitrogens with one attached hydrogen (secondary N) is 4. The Hall–Kier alpha value is -4.53. The third kappa shape index (κ3) is 13.0. The average molecular weight is 797 g/mol. The summed E-state index contributed by atoms with van der Waals surface area (Å²) >= 11 is 0. The number of ketones is 1. The van der Waals surface area contributed by atoms with Crippen LogP contribution in [0.2, 0.25) is 0 Å². The van der Waals surface area contributed by atoms with Crippen LogP contribution in [0.25, 0.3) is 0 Å². The van der Waals surface area contributed by atoms with Crippen LogP contribution in [0, 0.1) is 17.3 Å². The Morgan fingerprint density at radius 3 is 2.11 bits per heavy atom. The second kappa shape index (κ2) is 18.8. The molecule has 1 aromatic rings. The Balaban J connectivity index is 1.53. The number of benzene rings is 1. The number of Topliss-reactive ketones (excluding diaryl/α,β-unsaturated/α-hetero) is 1.